The first-order chi connectivity index (χ1) is 13.0. The van der Waals surface area contributed by atoms with E-state index in [9.17, 15) is 14.4 Å². The Bertz CT molecular complexity index is 1060. The first-order valence-electron chi connectivity index (χ1n) is 9.00. The van der Waals surface area contributed by atoms with Crippen molar-refractivity contribution in [1.82, 2.24) is 9.88 Å². The van der Waals surface area contributed by atoms with Crippen molar-refractivity contribution in [3.8, 4) is 0 Å². The molecular weight excluding hydrogens is 396 g/mol. The number of Topliss-reactive ketones (excluding diaryl/α,β-unsaturated/α-hetero) is 1. The summed E-state index contributed by atoms with van der Waals surface area (Å²) in [5.41, 5.74) is -0.204. The normalized spacial score (nSPS) is 13.2. The minimum Gasteiger partial charge on any atom is -0.352 e. The van der Waals surface area contributed by atoms with E-state index >= 15 is 0 Å². The summed E-state index contributed by atoms with van der Waals surface area (Å²) in [4.78, 5) is 37.7. The quantitative estimate of drug-likeness (QED) is 0.807. The second-order valence-electron chi connectivity index (χ2n) is 7.84. The molecule has 0 atom stereocenters. The highest BCUT2D eigenvalue weighted by Gasteiger charge is 2.20. The first-order valence-corrected chi connectivity index (χ1v) is 10.2. The molecule has 0 unspecified atom stereocenters. The topological polar surface area (TPSA) is 68.2 Å². The lowest BCUT2D eigenvalue weighted by Crippen LogP contribution is -2.40. The fourth-order valence-electron chi connectivity index (χ4n) is 2.37. The van der Waals surface area contributed by atoms with Crippen LogP contribution in [0.3, 0.4) is 0 Å². The molecule has 0 aliphatic rings. The minimum absolute atomic E-state index is 0.0420. The van der Waals surface area contributed by atoms with E-state index in [1.54, 1.807) is 18.2 Å². The number of halogens is 1. The average molecular weight is 421 g/mol. The Balaban J connectivity index is 2.65. The number of hydrogen-bond acceptors (Lipinski definition) is 4. The number of nitrogens with one attached hydrogen (secondary N) is 1. The SMILES string of the molecule is CC(C)NC(=O)Cn1c(=O)/c(=C\c2ccccc2Cl)s/c1=C\C(=O)C(C)(C)C. The molecule has 0 fully saturated rings. The average Bonchev–Trinajstić information content (AvgIpc) is 2.84. The summed E-state index contributed by atoms with van der Waals surface area (Å²) in [5, 5.41) is 3.30. The molecule has 28 heavy (non-hydrogen) atoms. The van der Waals surface area contributed by atoms with Gasteiger partial charge >= 0.3 is 0 Å². The summed E-state index contributed by atoms with van der Waals surface area (Å²) >= 11 is 7.37. The predicted octanol–water partition coefficient (Wildman–Crippen LogP) is 2.31. The van der Waals surface area contributed by atoms with Crippen LogP contribution in [-0.2, 0) is 16.1 Å². The number of hydrogen-bond donors (Lipinski definition) is 1. The van der Waals surface area contributed by atoms with E-state index in [0.29, 0.717) is 19.8 Å². The van der Waals surface area contributed by atoms with Gasteiger partial charge in [0.25, 0.3) is 5.56 Å². The van der Waals surface area contributed by atoms with E-state index in [1.807, 2.05) is 46.8 Å². The van der Waals surface area contributed by atoms with Crippen molar-refractivity contribution >= 4 is 46.8 Å². The van der Waals surface area contributed by atoms with Crippen molar-refractivity contribution in [1.29, 1.82) is 0 Å². The van der Waals surface area contributed by atoms with Crippen LogP contribution in [0, 0.1) is 5.41 Å². The molecule has 0 aliphatic carbocycles. The maximum atomic E-state index is 12.9. The zero-order valence-corrected chi connectivity index (χ0v) is 18.3. The molecule has 2 aromatic rings. The van der Waals surface area contributed by atoms with Crippen LogP contribution >= 0.6 is 22.9 Å². The largest absolute Gasteiger partial charge is 0.352 e. The van der Waals surface area contributed by atoms with Gasteiger partial charge in [-0.05, 0) is 31.6 Å². The van der Waals surface area contributed by atoms with E-state index in [0.717, 1.165) is 0 Å². The molecule has 7 heteroatoms. The van der Waals surface area contributed by atoms with Crippen LogP contribution in [0.15, 0.2) is 29.1 Å². The third-order valence-corrected chi connectivity index (χ3v) is 5.28. The fraction of sp³-hybridized carbons (Fsp3) is 0.381. The van der Waals surface area contributed by atoms with Gasteiger partial charge in [-0.2, -0.15) is 0 Å². The third kappa shape index (κ3) is 5.66. The van der Waals surface area contributed by atoms with E-state index in [4.69, 9.17) is 11.6 Å². The molecule has 1 amide bonds. The van der Waals surface area contributed by atoms with Gasteiger partial charge in [-0.3, -0.25) is 19.0 Å². The maximum Gasteiger partial charge on any atom is 0.269 e. The lowest BCUT2D eigenvalue weighted by atomic mass is 9.91. The maximum absolute atomic E-state index is 12.9. The Morgan fingerprint density at radius 2 is 1.89 bits per heavy atom. The van der Waals surface area contributed by atoms with Gasteiger partial charge in [0.1, 0.15) is 11.2 Å². The molecule has 0 aliphatic heterocycles. The number of ketones is 1. The summed E-state index contributed by atoms with van der Waals surface area (Å²) in [6, 6.07) is 7.15. The Hall–Kier alpha value is -2.18. The lowest BCUT2D eigenvalue weighted by molar-refractivity contribution is -0.122. The van der Waals surface area contributed by atoms with Crippen molar-refractivity contribution in [3.05, 3.63) is 54.4 Å². The summed E-state index contributed by atoms with van der Waals surface area (Å²) in [5.74, 6) is -0.395. The number of nitrogens with zero attached hydrogens (tertiary/aromatic N) is 1. The van der Waals surface area contributed by atoms with Gasteiger partial charge in [-0.15, -0.1) is 11.3 Å². The smallest absolute Gasteiger partial charge is 0.269 e. The zero-order valence-electron chi connectivity index (χ0n) is 16.7. The van der Waals surface area contributed by atoms with Gasteiger partial charge in [0.2, 0.25) is 5.91 Å². The van der Waals surface area contributed by atoms with Crippen molar-refractivity contribution in [2.24, 2.45) is 5.41 Å². The molecule has 1 aromatic carbocycles. The van der Waals surface area contributed by atoms with Crippen LogP contribution in [-0.4, -0.2) is 22.3 Å². The van der Waals surface area contributed by atoms with Crippen LogP contribution in [0.1, 0.15) is 40.2 Å². The van der Waals surface area contributed by atoms with Crippen LogP contribution in [0.4, 0.5) is 0 Å². The Morgan fingerprint density at radius 1 is 1.25 bits per heavy atom. The molecule has 1 aromatic heterocycles. The van der Waals surface area contributed by atoms with E-state index < -0.39 is 5.41 Å². The summed E-state index contributed by atoms with van der Waals surface area (Å²) in [6.45, 7) is 8.98. The predicted molar refractivity (Wildman–Crippen MR) is 115 cm³/mol. The summed E-state index contributed by atoms with van der Waals surface area (Å²) < 4.78 is 2.20. The van der Waals surface area contributed by atoms with E-state index in [1.165, 1.54) is 22.0 Å². The molecule has 1 heterocycles. The Labute approximate surface area is 173 Å². The molecular formula is C21H25ClN2O3S. The number of amides is 1. The van der Waals surface area contributed by atoms with Crippen LogP contribution < -0.4 is 20.1 Å². The lowest BCUT2D eigenvalue weighted by Gasteiger charge is -2.13. The van der Waals surface area contributed by atoms with Crippen LogP contribution in [0.2, 0.25) is 5.02 Å². The van der Waals surface area contributed by atoms with Gasteiger partial charge in [0.15, 0.2) is 5.78 Å². The van der Waals surface area contributed by atoms with Gasteiger partial charge in [-0.1, -0.05) is 50.6 Å². The molecule has 150 valence electrons. The molecule has 0 saturated heterocycles. The molecule has 5 nitrogen and oxygen atoms in total. The van der Waals surface area contributed by atoms with Crippen molar-refractivity contribution in [2.75, 3.05) is 0 Å². The number of benzene rings is 1. The highest BCUT2D eigenvalue weighted by atomic mass is 35.5. The third-order valence-electron chi connectivity index (χ3n) is 3.87. The Morgan fingerprint density at radius 3 is 2.46 bits per heavy atom. The summed E-state index contributed by atoms with van der Waals surface area (Å²) in [6.07, 6.45) is 3.13. The van der Waals surface area contributed by atoms with Crippen molar-refractivity contribution < 1.29 is 9.59 Å². The van der Waals surface area contributed by atoms with Crippen LogP contribution in [0.5, 0.6) is 0 Å². The highest BCUT2D eigenvalue weighted by molar-refractivity contribution is 7.07. The zero-order chi connectivity index (χ0) is 21.1. The van der Waals surface area contributed by atoms with Gasteiger partial charge in [0, 0.05) is 22.6 Å². The van der Waals surface area contributed by atoms with Crippen molar-refractivity contribution in [2.45, 2.75) is 47.2 Å². The van der Waals surface area contributed by atoms with Gasteiger partial charge in [-0.25, -0.2) is 0 Å². The second-order valence-corrected chi connectivity index (χ2v) is 9.31. The van der Waals surface area contributed by atoms with Crippen LogP contribution in [0.25, 0.3) is 12.2 Å². The molecule has 2 rings (SSSR count). The number of rotatable bonds is 5. The minimum atomic E-state index is -0.586. The molecule has 0 bridgehead atoms. The molecule has 0 radical (unpaired) electrons. The van der Waals surface area contributed by atoms with E-state index in [2.05, 4.69) is 5.32 Å². The molecule has 0 saturated carbocycles. The number of aromatic nitrogens is 1. The standard InChI is InChI=1S/C21H25ClN2O3S/c1-13(2)23-18(26)12-24-19(11-17(25)21(3,4)5)28-16(20(24)27)10-14-8-6-7-9-15(14)22/h6-11,13H,12H2,1-5H3,(H,23,26)/b16-10+,19-11-. The fourth-order valence-corrected chi connectivity index (χ4v) is 3.59. The van der Waals surface area contributed by atoms with Gasteiger partial charge in [0.05, 0.1) is 4.53 Å². The second kappa shape index (κ2) is 8.88. The van der Waals surface area contributed by atoms with Crippen molar-refractivity contribution in [3.63, 3.8) is 0 Å². The number of thiazole rings is 1. The molecule has 1 N–H and O–H groups in total. The number of carbonyl (C=O) groups is 2. The summed E-state index contributed by atoms with van der Waals surface area (Å²) in [7, 11) is 0. The van der Waals surface area contributed by atoms with E-state index in [-0.39, 0.29) is 29.8 Å². The Kier molecular flexibility index (Phi) is 7.01. The first kappa shape index (κ1) is 22.1. The highest BCUT2D eigenvalue weighted by Crippen LogP contribution is 2.16. The van der Waals surface area contributed by atoms with Gasteiger partial charge < -0.3 is 5.32 Å². The number of carbonyl (C=O) groups excluding carboxylic acids is 2. The molecule has 0 spiro atoms. The monoisotopic (exact) mass is 420 g/mol.